The molecule has 1 aliphatic rings. The molecule has 4 aromatic rings. The Balaban J connectivity index is 1.36. The van der Waals surface area contributed by atoms with Crippen molar-refractivity contribution in [2.75, 3.05) is 13.6 Å². The van der Waals surface area contributed by atoms with Crippen molar-refractivity contribution >= 4 is 16.9 Å². The van der Waals surface area contributed by atoms with Gasteiger partial charge in [-0.3, -0.25) is 0 Å². The fourth-order valence-corrected chi connectivity index (χ4v) is 6.09. The average Bonchev–Trinajstić information content (AvgIpc) is 3.59. The van der Waals surface area contributed by atoms with Crippen LogP contribution in [0.2, 0.25) is 0 Å². The number of ether oxygens (including phenoxy) is 1. The van der Waals surface area contributed by atoms with Crippen molar-refractivity contribution in [2.45, 2.75) is 90.8 Å². The number of benzene rings is 2. The van der Waals surface area contributed by atoms with E-state index in [2.05, 4.69) is 62.5 Å². The molecule has 5 rings (SSSR count). The highest BCUT2D eigenvalue weighted by Crippen LogP contribution is 2.33. The molecule has 0 saturated heterocycles. The molecule has 2 heterocycles. The zero-order chi connectivity index (χ0) is 30.4. The van der Waals surface area contributed by atoms with Crippen molar-refractivity contribution < 1.29 is 9.53 Å². The maximum absolute atomic E-state index is 12.3. The average molecular weight is 580 g/mol. The van der Waals surface area contributed by atoms with Crippen LogP contribution in [0.1, 0.15) is 78.0 Å². The summed E-state index contributed by atoms with van der Waals surface area (Å²) in [5, 5.41) is 2.46. The summed E-state index contributed by atoms with van der Waals surface area (Å²) in [5.74, 6) is 4.97. The van der Waals surface area contributed by atoms with Gasteiger partial charge in [0.15, 0.2) is 11.6 Å². The Hall–Kier alpha value is -4.05. The molecule has 0 atom stereocenters. The third kappa shape index (κ3) is 7.48. The van der Waals surface area contributed by atoms with Gasteiger partial charge in [-0.15, -0.1) is 6.42 Å². The van der Waals surface area contributed by atoms with E-state index in [0.717, 1.165) is 49.6 Å². The number of amides is 1. The summed E-state index contributed by atoms with van der Waals surface area (Å²) in [6, 6.07) is 15.2. The van der Waals surface area contributed by atoms with Gasteiger partial charge in [0.25, 0.3) is 0 Å². The molecule has 1 aliphatic carbocycles. The molecular formula is C36H45N5O2. The molecule has 0 bridgehead atoms. The number of fused-ring (bicyclic) bond motifs is 1. The van der Waals surface area contributed by atoms with Gasteiger partial charge < -0.3 is 18.8 Å². The summed E-state index contributed by atoms with van der Waals surface area (Å²) in [6.45, 7) is 7.98. The molecule has 0 unspecified atom stereocenters. The Bertz CT molecular complexity index is 1580. The molecular weight excluding hydrogens is 534 g/mol. The first kappa shape index (κ1) is 30.4. The molecule has 1 amide bonds. The van der Waals surface area contributed by atoms with Crippen LogP contribution in [0.5, 0.6) is 0 Å². The van der Waals surface area contributed by atoms with Crippen molar-refractivity contribution in [3.63, 3.8) is 0 Å². The molecule has 226 valence electrons. The van der Waals surface area contributed by atoms with E-state index in [-0.39, 0.29) is 6.09 Å². The Morgan fingerprint density at radius 2 is 1.72 bits per heavy atom. The summed E-state index contributed by atoms with van der Waals surface area (Å²) in [6.07, 6.45) is 18.7. The zero-order valence-corrected chi connectivity index (χ0v) is 26.2. The quantitative estimate of drug-likeness (QED) is 0.140. The van der Waals surface area contributed by atoms with Gasteiger partial charge in [-0.2, -0.15) is 0 Å². The lowest BCUT2D eigenvalue weighted by atomic mass is 9.89. The lowest BCUT2D eigenvalue weighted by Gasteiger charge is -2.24. The van der Waals surface area contributed by atoms with Gasteiger partial charge >= 0.3 is 6.09 Å². The molecule has 0 N–H and O–H groups in total. The van der Waals surface area contributed by atoms with Gasteiger partial charge in [0.05, 0.1) is 18.1 Å². The maximum atomic E-state index is 12.3. The number of unbranched alkanes of at least 4 members (excludes halogenated alkanes) is 2. The molecule has 2 aromatic carbocycles. The van der Waals surface area contributed by atoms with Crippen molar-refractivity contribution in [1.82, 2.24) is 24.0 Å². The van der Waals surface area contributed by atoms with Crippen molar-refractivity contribution in [3.8, 4) is 35.1 Å². The van der Waals surface area contributed by atoms with Gasteiger partial charge in [0, 0.05) is 32.2 Å². The van der Waals surface area contributed by atoms with Gasteiger partial charge in [0.2, 0.25) is 0 Å². The minimum atomic E-state index is -0.494. The molecule has 0 spiro atoms. The van der Waals surface area contributed by atoms with Crippen LogP contribution in [-0.2, 0) is 17.8 Å². The summed E-state index contributed by atoms with van der Waals surface area (Å²) < 4.78 is 10.0. The van der Waals surface area contributed by atoms with E-state index in [1.54, 1.807) is 11.9 Å². The molecule has 1 saturated carbocycles. The number of carbonyl (C=O) groups excluding carboxylic acids is 1. The Morgan fingerprint density at radius 3 is 2.47 bits per heavy atom. The topological polar surface area (TPSA) is 65.2 Å². The van der Waals surface area contributed by atoms with Gasteiger partial charge in [0.1, 0.15) is 11.3 Å². The fourth-order valence-electron chi connectivity index (χ4n) is 6.09. The number of hydrogen-bond acceptors (Lipinski definition) is 4. The highest BCUT2D eigenvalue weighted by atomic mass is 16.6. The molecule has 0 radical (unpaired) electrons. The van der Waals surface area contributed by atoms with Crippen LogP contribution >= 0.6 is 0 Å². The van der Waals surface area contributed by atoms with E-state index in [1.165, 1.54) is 48.4 Å². The Kier molecular flexibility index (Phi) is 9.55. The van der Waals surface area contributed by atoms with Crippen LogP contribution < -0.4 is 0 Å². The van der Waals surface area contributed by atoms with Gasteiger partial charge in [-0.25, -0.2) is 14.8 Å². The molecule has 7 nitrogen and oxygen atoms in total. The summed E-state index contributed by atoms with van der Waals surface area (Å²) >= 11 is 0. The molecule has 1 fully saturated rings. The molecule has 2 aromatic heterocycles. The van der Waals surface area contributed by atoms with Gasteiger partial charge in [-0.05, 0) is 81.6 Å². The minimum Gasteiger partial charge on any atom is -0.444 e. The molecule has 7 heteroatoms. The maximum Gasteiger partial charge on any atom is 0.410 e. The highest BCUT2D eigenvalue weighted by molar-refractivity contribution is 5.87. The van der Waals surface area contributed by atoms with Gasteiger partial charge in [-0.1, -0.05) is 55.7 Å². The first-order valence-electron chi connectivity index (χ1n) is 15.7. The standard InChI is InChI=1S/C36H45N5O2/c1-6-33-37-25-32(40(33)22-14-8-13-21-39(5)35(42)43-36(2,3)4)34-38-24-31(41(34)26-27-15-9-7-10-16-27)30-20-19-28-17-11-12-18-29(28)23-30/h1,11-12,17-20,23-25,27H,7-10,13-16,21-22,26H2,2-5H3. The Morgan fingerprint density at radius 1 is 0.977 bits per heavy atom. The largest absolute Gasteiger partial charge is 0.444 e. The first-order chi connectivity index (χ1) is 20.7. The summed E-state index contributed by atoms with van der Waals surface area (Å²) in [4.78, 5) is 23.6. The predicted molar refractivity (Wildman–Crippen MR) is 174 cm³/mol. The van der Waals surface area contributed by atoms with Crippen LogP contribution in [0.25, 0.3) is 33.5 Å². The van der Waals surface area contributed by atoms with E-state index < -0.39 is 5.60 Å². The van der Waals surface area contributed by atoms with E-state index >= 15 is 0 Å². The fraction of sp³-hybridized carbons (Fsp3) is 0.472. The van der Waals surface area contributed by atoms with Crippen LogP contribution in [0.15, 0.2) is 54.9 Å². The highest BCUT2D eigenvalue weighted by Gasteiger charge is 2.23. The van der Waals surface area contributed by atoms with Crippen LogP contribution in [-0.4, -0.2) is 49.3 Å². The predicted octanol–water partition coefficient (Wildman–Crippen LogP) is 8.17. The second kappa shape index (κ2) is 13.5. The number of aromatic nitrogens is 4. The minimum absolute atomic E-state index is 0.286. The zero-order valence-electron chi connectivity index (χ0n) is 26.2. The van der Waals surface area contributed by atoms with E-state index in [1.807, 2.05) is 33.2 Å². The van der Waals surface area contributed by atoms with Crippen LogP contribution in [0.3, 0.4) is 0 Å². The second-order valence-corrected chi connectivity index (χ2v) is 12.9. The normalized spacial score (nSPS) is 14.1. The number of imidazole rings is 2. The third-order valence-corrected chi connectivity index (χ3v) is 8.36. The van der Waals surface area contributed by atoms with E-state index in [9.17, 15) is 4.79 Å². The summed E-state index contributed by atoms with van der Waals surface area (Å²) in [5.41, 5.74) is 2.77. The van der Waals surface area contributed by atoms with Crippen molar-refractivity contribution in [3.05, 3.63) is 60.7 Å². The number of carbonyl (C=O) groups is 1. The van der Waals surface area contributed by atoms with Crippen molar-refractivity contribution in [2.24, 2.45) is 5.92 Å². The number of hydrogen-bond donors (Lipinski definition) is 0. The smallest absolute Gasteiger partial charge is 0.410 e. The van der Waals surface area contributed by atoms with Crippen molar-refractivity contribution in [1.29, 1.82) is 0 Å². The number of terminal acetylenes is 1. The number of nitrogens with zero attached hydrogens (tertiary/aromatic N) is 5. The molecule has 43 heavy (non-hydrogen) atoms. The van der Waals surface area contributed by atoms with Crippen LogP contribution in [0.4, 0.5) is 4.79 Å². The van der Waals surface area contributed by atoms with E-state index in [4.69, 9.17) is 16.1 Å². The molecule has 0 aliphatic heterocycles. The monoisotopic (exact) mass is 579 g/mol. The SMILES string of the molecule is C#Cc1ncc(-c2ncc(-c3ccc4ccccc4c3)n2CC2CCCCC2)n1CCCCCN(C)C(=O)OC(C)(C)C. The third-order valence-electron chi connectivity index (χ3n) is 8.36. The lowest BCUT2D eigenvalue weighted by molar-refractivity contribution is 0.0296. The van der Waals surface area contributed by atoms with Crippen LogP contribution in [0, 0.1) is 18.3 Å². The van der Waals surface area contributed by atoms with E-state index in [0.29, 0.717) is 18.3 Å². The first-order valence-corrected chi connectivity index (χ1v) is 15.7. The lowest BCUT2D eigenvalue weighted by Crippen LogP contribution is -2.34. The summed E-state index contributed by atoms with van der Waals surface area (Å²) in [7, 11) is 1.79. The number of rotatable bonds is 10. The Labute approximate surface area is 256 Å². The second-order valence-electron chi connectivity index (χ2n) is 12.9.